The van der Waals surface area contributed by atoms with Crippen LogP contribution in [0.5, 0.6) is 0 Å². The summed E-state index contributed by atoms with van der Waals surface area (Å²) in [6.07, 6.45) is 2.70. The lowest BCUT2D eigenvalue weighted by atomic mass is 9.98. The van der Waals surface area contributed by atoms with Crippen LogP contribution in [0.4, 0.5) is 10.1 Å². The normalized spacial score (nSPS) is 29.6. The number of nitrogens with zero attached hydrogens (tertiary/aromatic N) is 1. The van der Waals surface area contributed by atoms with Crippen molar-refractivity contribution in [2.45, 2.75) is 43.9 Å². The molecule has 2 saturated heterocycles. The Morgan fingerprint density at radius 1 is 1.32 bits per heavy atom. The molecular weight excluding hydrogens is 247 g/mol. The van der Waals surface area contributed by atoms with Crippen molar-refractivity contribution in [3.8, 4) is 0 Å². The van der Waals surface area contributed by atoms with E-state index in [1.54, 1.807) is 4.90 Å². The zero-order valence-corrected chi connectivity index (χ0v) is 10.6. The number of benzene rings is 1. The van der Waals surface area contributed by atoms with Gasteiger partial charge in [0.2, 0.25) is 0 Å². The lowest BCUT2D eigenvalue weighted by Gasteiger charge is -2.37. The summed E-state index contributed by atoms with van der Waals surface area (Å²) < 4.78 is 13.3. The molecule has 2 aliphatic heterocycles. The maximum absolute atomic E-state index is 13.3. The third-order valence-corrected chi connectivity index (χ3v) is 4.19. The number of fused-ring (bicyclic) bond motifs is 2. The number of hydrogen-bond acceptors (Lipinski definition) is 3. The summed E-state index contributed by atoms with van der Waals surface area (Å²) in [6.45, 7) is 0. The topological polar surface area (TPSA) is 66.6 Å². The number of halogens is 1. The summed E-state index contributed by atoms with van der Waals surface area (Å²) in [5.41, 5.74) is 6.30. The molecule has 0 saturated carbocycles. The molecule has 3 rings (SSSR count). The fourth-order valence-corrected chi connectivity index (χ4v) is 3.33. The van der Waals surface area contributed by atoms with Gasteiger partial charge in [-0.05, 0) is 43.9 Å². The molecule has 1 aromatic carbocycles. The molecule has 0 radical (unpaired) electrons. The van der Waals surface area contributed by atoms with Crippen molar-refractivity contribution in [1.82, 2.24) is 4.90 Å². The van der Waals surface area contributed by atoms with Gasteiger partial charge in [0, 0.05) is 17.8 Å². The van der Waals surface area contributed by atoms with Crippen molar-refractivity contribution in [2.24, 2.45) is 0 Å². The van der Waals surface area contributed by atoms with Crippen molar-refractivity contribution in [2.75, 3.05) is 5.73 Å². The summed E-state index contributed by atoms with van der Waals surface area (Å²) in [4.78, 5) is 14.3. The Bertz CT molecular complexity index is 506. The van der Waals surface area contributed by atoms with Gasteiger partial charge in [0.15, 0.2) is 0 Å². The maximum Gasteiger partial charge on any atom is 0.256 e. The van der Waals surface area contributed by atoms with E-state index in [0.29, 0.717) is 18.5 Å². The van der Waals surface area contributed by atoms with E-state index in [-0.39, 0.29) is 29.7 Å². The fraction of sp³-hybridized carbons (Fsp3) is 0.500. The highest BCUT2D eigenvalue weighted by Crippen LogP contribution is 2.37. The molecule has 3 N–H and O–H groups in total. The largest absolute Gasteiger partial charge is 0.398 e. The molecule has 2 bridgehead atoms. The summed E-state index contributed by atoms with van der Waals surface area (Å²) in [6, 6.07) is 3.99. The second-order valence-electron chi connectivity index (χ2n) is 5.45. The number of aliphatic hydroxyl groups is 1. The van der Waals surface area contributed by atoms with Crippen LogP contribution < -0.4 is 5.73 Å². The molecular formula is C14H17FN2O2. The van der Waals surface area contributed by atoms with Gasteiger partial charge in [-0.15, -0.1) is 0 Å². The van der Waals surface area contributed by atoms with Crippen LogP contribution in [0.1, 0.15) is 36.0 Å². The zero-order chi connectivity index (χ0) is 13.6. The first-order valence-corrected chi connectivity index (χ1v) is 6.62. The van der Waals surface area contributed by atoms with Crippen LogP contribution in [-0.2, 0) is 0 Å². The van der Waals surface area contributed by atoms with E-state index in [9.17, 15) is 14.3 Å². The van der Waals surface area contributed by atoms with E-state index < -0.39 is 5.82 Å². The molecule has 4 nitrogen and oxygen atoms in total. The fourth-order valence-electron chi connectivity index (χ4n) is 3.33. The molecule has 5 heteroatoms. The number of nitrogens with two attached hydrogens (primary N) is 1. The quantitative estimate of drug-likeness (QED) is 0.756. The lowest BCUT2D eigenvalue weighted by molar-refractivity contribution is 0.0287. The van der Waals surface area contributed by atoms with E-state index in [1.165, 1.54) is 18.2 Å². The number of amides is 1. The summed E-state index contributed by atoms with van der Waals surface area (Å²) >= 11 is 0. The highest BCUT2D eigenvalue weighted by Gasteiger charge is 2.43. The Kier molecular flexibility index (Phi) is 2.93. The molecule has 2 unspecified atom stereocenters. The van der Waals surface area contributed by atoms with E-state index in [2.05, 4.69) is 0 Å². The van der Waals surface area contributed by atoms with Gasteiger partial charge in [-0.2, -0.15) is 0 Å². The first-order valence-electron chi connectivity index (χ1n) is 6.62. The van der Waals surface area contributed by atoms with Crippen molar-refractivity contribution in [3.63, 3.8) is 0 Å². The predicted octanol–water partition coefficient (Wildman–Crippen LogP) is 1.54. The van der Waals surface area contributed by atoms with E-state index >= 15 is 0 Å². The van der Waals surface area contributed by atoms with E-state index in [1.807, 2.05) is 0 Å². The average Bonchev–Trinajstić information content (AvgIpc) is 2.64. The molecule has 2 heterocycles. The van der Waals surface area contributed by atoms with Crippen LogP contribution in [0.15, 0.2) is 18.2 Å². The number of rotatable bonds is 1. The lowest BCUT2D eigenvalue weighted by Crippen LogP contribution is -2.48. The molecule has 2 atom stereocenters. The summed E-state index contributed by atoms with van der Waals surface area (Å²) in [5, 5.41) is 9.74. The summed E-state index contributed by atoms with van der Waals surface area (Å²) in [5.74, 6) is -0.668. The molecule has 2 fully saturated rings. The van der Waals surface area contributed by atoms with Gasteiger partial charge in [-0.3, -0.25) is 4.79 Å². The highest BCUT2D eigenvalue weighted by atomic mass is 19.1. The van der Waals surface area contributed by atoms with Crippen LogP contribution in [0.3, 0.4) is 0 Å². The number of piperidine rings is 1. The molecule has 19 heavy (non-hydrogen) atoms. The minimum absolute atomic E-state index is 0.0592. The van der Waals surface area contributed by atoms with Crippen LogP contribution in [0.25, 0.3) is 0 Å². The standard InChI is InChI=1S/C14H17FN2O2/c15-8-1-4-13(16)12(5-8)14(19)17-9-2-3-10(17)7-11(18)6-9/h1,4-5,9-11,18H,2-3,6-7,16H2. The smallest absolute Gasteiger partial charge is 0.256 e. The Hall–Kier alpha value is -1.62. The average molecular weight is 264 g/mol. The minimum atomic E-state index is -0.457. The van der Waals surface area contributed by atoms with Gasteiger partial charge in [-0.1, -0.05) is 0 Å². The Morgan fingerprint density at radius 2 is 1.95 bits per heavy atom. The first-order chi connectivity index (χ1) is 9.06. The predicted molar refractivity (Wildman–Crippen MR) is 69.0 cm³/mol. The number of hydrogen-bond donors (Lipinski definition) is 2. The number of anilines is 1. The number of aliphatic hydroxyl groups excluding tert-OH is 1. The highest BCUT2D eigenvalue weighted by molar-refractivity contribution is 5.99. The monoisotopic (exact) mass is 264 g/mol. The second-order valence-corrected chi connectivity index (χ2v) is 5.45. The van der Waals surface area contributed by atoms with Gasteiger partial charge in [0.1, 0.15) is 5.82 Å². The molecule has 2 aliphatic rings. The first kappa shape index (κ1) is 12.4. The van der Waals surface area contributed by atoms with Crippen molar-refractivity contribution in [1.29, 1.82) is 0 Å². The van der Waals surface area contributed by atoms with Crippen LogP contribution >= 0.6 is 0 Å². The van der Waals surface area contributed by atoms with Crippen LogP contribution in [0, 0.1) is 5.82 Å². The molecule has 0 aromatic heterocycles. The van der Waals surface area contributed by atoms with Gasteiger partial charge in [0.25, 0.3) is 5.91 Å². The second kappa shape index (κ2) is 4.49. The molecule has 0 spiro atoms. The summed E-state index contributed by atoms with van der Waals surface area (Å²) in [7, 11) is 0. The van der Waals surface area contributed by atoms with Gasteiger partial charge in [-0.25, -0.2) is 4.39 Å². The SMILES string of the molecule is Nc1ccc(F)cc1C(=O)N1C2CCC1CC(O)C2. The molecule has 102 valence electrons. The van der Waals surface area contributed by atoms with E-state index in [0.717, 1.165) is 12.8 Å². The van der Waals surface area contributed by atoms with Crippen molar-refractivity contribution >= 4 is 11.6 Å². The number of carbonyl (C=O) groups is 1. The van der Waals surface area contributed by atoms with Crippen LogP contribution in [-0.4, -0.2) is 34.1 Å². The Morgan fingerprint density at radius 3 is 2.58 bits per heavy atom. The Labute approximate surface area is 111 Å². The van der Waals surface area contributed by atoms with Gasteiger partial charge >= 0.3 is 0 Å². The van der Waals surface area contributed by atoms with Crippen molar-refractivity contribution < 1.29 is 14.3 Å². The molecule has 1 aromatic rings. The van der Waals surface area contributed by atoms with E-state index in [4.69, 9.17) is 5.73 Å². The van der Waals surface area contributed by atoms with Gasteiger partial charge in [0.05, 0.1) is 11.7 Å². The molecule has 1 amide bonds. The van der Waals surface area contributed by atoms with Crippen LogP contribution in [0.2, 0.25) is 0 Å². The molecule has 0 aliphatic carbocycles. The Balaban J connectivity index is 1.90. The van der Waals surface area contributed by atoms with Crippen molar-refractivity contribution in [3.05, 3.63) is 29.6 Å². The number of carbonyl (C=O) groups excluding carboxylic acids is 1. The zero-order valence-electron chi connectivity index (χ0n) is 10.6. The number of nitrogen functional groups attached to an aromatic ring is 1. The third-order valence-electron chi connectivity index (χ3n) is 4.19. The maximum atomic E-state index is 13.3. The van der Waals surface area contributed by atoms with Gasteiger partial charge < -0.3 is 15.7 Å². The third kappa shape index (κ3) is 2.08. The minimum Gasteiger partial charge on any atom is -0.398 e.